The maximum Gasteiger partial charge on any atom is 0.292 e. The predicted molar refractivity (Wildman–Crippen MR) is 65.8 cm³/mol. The Bertz CT molecular complexity index is 364. The quantitative estimate of drug-likeness (QED) is 0.455. The van der Waals surface area contributed by atoms with Gasteiger partial charge in [0, 0.05) is 12.6 Å². The molecule has 88 valence electrons. The minimum absolute atomic E-state index is 0.163. The molecule has 0 aliphatic rings. The second-order valence-corrected chi connectivity index (χ2v) is 3.86. The summed E-state index contributed by atoms with van der Waals surface area (Å²) in [5.41, 5.74) is 1.74. The van der Waals surface area contributed by atoms with Crippen LogP contribution in [0.2, 0.25) is 0 Å². The highest BCUT2D eigenvalue weighted by Gasteiger charge is 2.14. The number of aryl methyl sites for hydroxylation is 1. The fourth-order valence-electron chi connectivity index (χ4n) is 1.62. The van der Waals surface area contributed by atoms with E-state index in [0.717, 1.165) is 31.4 Å². The van der Waals surface area contributed by atoms with Crippen LogP contribution < -0.4 is 5.32 Å². The second-order valence-electron chi connectivity index (χ2n) is 3.86. The van der Waals surface area contributed by atoms with Crippen molar-refractivity contribution in [2.45, 2.75) is 33.1 Å². The number of nitro groups is 1. The van der Waals surface area contributed by atoms with Crippen molar-refractivity contribution in [1.82, 2.24) is 0 Å². The first-order chi connectivity index (χ1) is 7.66. The minimum Gasteiger partial charge on any atom is -0.379 e. The molecule has 0 saturated heterocycles. The van der Waals surface area contributed by atoms with Gasteiger partial charge in [-0.2, -0.15) is 0 Å². The van der Waals surface area contributed by atoms with E-state index in [0.29, 0.717) is 5.69 Å². The van der Waals surface area contributed by atoms with Gasteiger partial charge in [0.2, 0.25) is 0 Å². The van der Waals surface area contributed by atoms with Gasteiger partial charge in [-0.25, -0.2) is 0 Å². The number of nitrogens with one attached hydrogen (secondary N) is 1. The number of unbranched alkanes of at least 4 members (excludes halogenated alkanes) is 2. The lowest BCUT2D eigenvalue weighted by Gasteiger charge is -2.09. The van der Waals surface area contributed by atoms with Crippen LogP contribution >= 0.6 is 0 Å². The van der Waals surface area contributed by atoms with Gasteiger partial charge in [0.15, 0.2) is 0 Å². The van der Waals surface area contributed by atoms with Crippen LogP contribution in [0.3, 0.4) is 0 Å². The zero-order chi connectivity index (χ0) is 12.0. The summed E-state index contributed by atoms with van der Waals surface area (Å²) in [6.45, 7) is 4.81. The Morgan fingerprint density at radius 1 is 1.38 bits per heavy atom. The molecule has 0 fully saturated rings. The van der Waals surface area contributed by atoms with E-state index in [2.05, 4.69) is 12.2 Å². The van der Waals surface area contributed by atoms with Crippen LogP contribution in [0.25, 0.3) is 0 Å². The molecule has 0 bridgehead atoms. The number of nitro benzene ring substituents is 1. The first-order valence-electron chi connectivity index (χ1n) is 5.64. The van der Waals surface area contributed by atoms with Crippen molar-refractivity contribution in [2.24, 2.45) is 0 Å². The van der Waals surface area contributed by atoms with E-state index in [-0.39, 0.29) is 10.6 Å². The van der Waals surface area contributed by atoms with Crippen LogP contribution in [0, 0.1) is 17.0 Å². The molecule has 1 N–H and O–H groups in total. The maximum absolute atomic E-state index is 10.8. The number of hydrogen-bond donors (Lipinski definition) is 1. The van der Waals surface area contributed by atoms with Crippen molar-refractivity contribution in [3.8, 4) is 0 Å². The zero-order valence-electron chi connectivity index (χ0n) is 9.82. The highest BCUT2D eigenvalue weighted by molar-refractivity contribution is 5.65. The minimum atomic E-state index is -0.338. The Labute approximate surface area is 95.8 Å². The summed E-state index contributed by atoms with van der Waals surface area (Å²) in [6.07, 6.45) is 3.34. The third-order valence-corrected chi connectivity index (χ3v) is 2.53. The standard InChI is InChI=1S/C12H18N2O2/c1-3-4-5-9-13-12-10(2)7-6-8-11(12)14(15)16/h6-8,13H,3-5,9H2,1-2H3. The Morgan fingerprint density at radius 3 is 2.75 bits per heavy atom. The highest BCUT2D eigenvalue weighted by Crippen LogP contribution is 2.27. The fraction of sp³-hybridized carbons (Fsp3) is 0.500. The topological polar surface area (TPSA) is 55.2 Å². The summed E-state index contributed by atoms with van der Waals surface area (Å²) in [7, 11) is 0. The number of rotatable bonds is 6. The molecular formula is C12H18N2O2. The Morgan fingerprint density at radius 2 is 2.12 bits per heavy atom. The lowest BCUT2D eigenvalue weighted by atomic mass is 10.1. The second kappa shape index (κ2) is 6.10. The van der Waals surface area contributed by atoms with Crippen molar-refractivity contribution in [3.05, 3.63) is 33.9 Å². The molecule has 1 rings (SSSR count). The molecule has 0 saturated carbocycles. The molecule has 1 aromatic carbocycles. The van der Waals surface area contributed by atoms with Gasteiger partial charge >= 0.3 is 0 Å². The predicted octanol–water partition coefficient (Wildman–Crippen LogP) is 3.51. The van der Waals surface area contributed by atoms with Crippen LogP contribution in [0.15, 0.2) is 18.2 Å². The molecule has 0 aliphatic carbocycles. The summed E-state index contributed by atoms with van der Waals surface area (Å²) in [6, 6.07) is 5.13. The van der Waals surface area contributed by atoms with Gasteiger partial charge in [-0.15, -0.1) is 0 Å². The number of hydrogen-bond acceptors (Lipinski definition) is 3. The highest BCUT2D eigenvalue weighted by atomic mass is 16.6. The van der Waals surface area contributed by atoms with E-state index in [4.69, 9.17) is 0 Å². The Hall–Kier alpha value is -1.58. The fourth-order valence-corrected chi connectivity index (χ4v) is 1.62. The number of benzene rings is 1. The van der Waals surface area contributed by atoms with Gasteiger partial charge in [0.25, 0.3) is 5.69 Å². The van der Waals surface area contributed by atoms with Gasteiger partial charge < -0.3 is 5.32 Å². The van der Waals surface area contributed by atoms with Crippen molar-refractivity contribution >= 4 is 11.4 Å². The van der Waals surface area contributed by atoms with E-state index < -0.39 is 0 Å². The smallest absolute Gasteiger partial charge is 0.292 e. The molecule has 16 heavy (non-hydrogen) atoms. The summed E-state index contributed by atoms with van der Waals surface area (Å²) in [5.74, 6) is 0. The Kier molecular flexibility index (Phi) is 4.76. The van der Waals surface area contributed by atoms with Crippen LogP contribution in [-0.2, 0) is 0 Å². The summed E-state index contributed by atoms with van der Waals surface area (Å²) >= 11 is 0. The molecule has 4 heteroatoms. The zero-order valence-corrected chi connectivity index (χ0v) is 9.82. The van der Waals surface area contributed by atoms with E-state index in [1.165, 1.54) is 6.07 Å². The first-order valence-corrected chi connectivity index (χ1v) is 5.64. The molecule has 0 amide bonds. The third-order valence-electron chi connectivity index (χ3n) is 2.53. The van der Waals surface area contributed by atoms with Gasteiger partial charge in [0.05, 0.1) is 4.92 Å². The van der Waals surface area contributed by atoms with Crippen molar-refractivity contribution < 1.29 is 4.92 Å². The lowest BCUT2D eigenvalue weighted by molar-refractivity contribution is -0.384. The number of anilines is 1. The number of para-hydroxylation sites is 1. The first kappa shape index (κ1) is 12.5. The summed E-state index contributed by atoms with van der Waals surface area (Å²) < 4.78 is 0. The normalized spacial score (nSPS) is 10.1. The largest absolute Gasteiger partial charge is 0.379 e. The molecule has 1 aromatic rings. The van der Waals surface area contributed by atoms with Crippen LogP contribution in [-0.4, -0.2) is 11.5 Å². The Balaban J connectivity index is 2.73. The van der Waals surface area contributed by atoms with E-state index in [1.54, 1.807) is 6.07 Å². The van der Waals surface area contributed by atoms with Crippen LogP contribution in [0.4, 0.5) is 11.4 Å². The lowest BCUT2D eigenvalue weighted by Crippen LogP contribution is -2.05. The van der Waals surface area contributed by atoms with E-state index in [9.17, 15) is 10.1 Å². The summed E-state index contributed by atoms with van der Waals surface area (Å²) in [5, 5.41) is 14.0. The third kappa shape index (κ3) is 3.22. The molecule has 0 unspecified atom stereocenters. The van der Waals surface area contributed by atoms with Gasteiger partial charge in [-0.05, 0) is 18.9 Å². The van der Waals surface area contributed by atoms with Crippen molar-refractivity contribution in [2.75, 3.05) is 11.9 Å². The average Bonchev–Trinajstić information content (AvgIpc) is 2.25. The average molecular weight is 222 g/mol. The van der Waals surface area contributed by atoms with Crippen molar-refractivity contribution in [3.63, 3.8) is 0 Å². The van der Waals surface area contributed by atoms with Gasteiger partial charge in [-0.3, -0.25) is 10.1 Å². The monoisotopic (exact) mass is 222 g/mol. The molecular weight excluding hydrogens is 204 g/mol. The molecule has 0 aliphatic heterocycles. The van der Waals surface area contributed by atoms with E-state index >= 15 is 0 Å². The molecule has 0 radical (unpaired) electrons. The summed E-state index contributed by atoms with van der Waals surface area (Å²) in [4.78, 5) is 10.5. The maximum atomic E-state index is 10.8. The van der Waals surface area contributed by atoms with Crippen LogP contribution in [0.5, 0.6) is 0 Å². The molecule has 4 nitrogen and oxygen atoms in total. The molecule has 0 atom stereocenters. The molecule has 0 heterocycles. The van der Waals surface area contributed by atoms with Gasteiger partial charge in [-0.1, -0.05) is 31.9 Å². The molecule has 0 spiro atoms. The SMILES string of the molecule is CCCCCNc1c(C)cccc1[N+](=O)[O-]. The van der Waals surface area contributed by atoms with Crippen LogP contribution in [0.1, 0.15) is 31.7 Å². The molecule has 0 aromatic heterocycles. The van der Waals surface area contributed by atoms with Crippen molar-refractivity contribution in [1.29, 1.82) is 0 Å². The van der Waals surface area contributed by atoms with Gasteiger partial charge in [0.1, 0.15) is 5.69 Å². The number of nitrogens with zero attached hydrogens (tertiary/aromatic N) is 1. The van der Waals surface area contributed by atoms with E-state index in [1.807, 2.05) is 13.0 Å².